The van der Waals surface area contributed by atoms with Crippen LogP contribution < -0.4 is 0 Å². The van der Waals surface area contributed by atoms with E-state index >= 15 is 0 Å². The Kier molecular flexibility index (Phi) is 4.06. The monoisotopic (exact) mass is 255 g/mol. The van der Waals surface area contributed by atoms with Crippen LogP contribution >= 0.6 is 11.5 Å². The van der Waals surface area contributed by atoms with Crippen LogP contribution in [0.25, 0.3) is 0 Å². The number of hydrogen-bond donors (Lipinski definition) is 0. The lowest BCUT2D eigenvalue weighted by Gasteiger charge is -2.33. The molecular weight excluding hydrogens is 238 g/mol. The fourth-order valence-corrected chi connectivity index (χ4v) is 2.70. The molecule has 1 saturated carbocycles. The van der Waals surface area contributed by atoms with Gasteiger partial charge >= 0.3 is 0 Å². The first kappa shape index (κ1) is 12.4. The van der Waals surface area contributed by atoms with Crippen molar-refractivity contribution < 1.29 is 9.53 Å². The Balaban J connectivity index is 1.92. The molecule has 0 radical (unpaired) electrons. The number of aromatic nitrogens is 2. The largest absolute Gasteiger partial charge is 0.381 e. The van der Waals surface area contributed by atoms with Gasteiger partial charge in [-0.15, -0.1) is 5.10 Å². The molecule has 0 atom stereocenters. The zero-order valence-corrected chi connectivity index (χ0v) is 10.9. The van der Waals surface area contributed by atoms with Gasteiger partial charge in [0.25, 0.3) is 5.91 Å². The molecule has 1 fully saturated rings. The Bertz CT molecular complexity index is 361. The van der Waals surface area contributed by atoms with E-state index in [1.165, 1.54) is 11.5 Å². The predicted octanol–water partition coefficient (Wildman–Crippen LogP) is 1.57. The summed E-state index contributed by atoms with van der Waals surface area (Å²) in [5, 5.41) is 5.51. The molecule has 6 heteroatoms. The van der Waals surface area contributed by atoms with Crippen LogP contribution in [0.1, 0.15) is 36.2 Å². The molecule has 94 valence electrons. The quantitative estimate of drug-likeness (QED) is 0.822. The molecular formula is C11H17N3O2S. The second-order valence-electron chi connectivity index (χ2n) is 4.37. The summed E-state index contributed by atoms with van der Waals surface area (Å²) in [6.07, 6.45) is 4.40. The molecule has 0 spiro atoms. The van der Waals surface area contributed by atoms with Crippen molar-refractivity contribution in [3.8, 4) is 0 Å². The molecule has 0 saturated heterocycles. The summed E-state index contributed by atoms with van der Waals surface area (Å²) in [4.78, 5) is 13.8. The average molecular weight is 255 g/mol. The Labute approximate surface area is 105 Å². The van der Waals surface area contributed by atoms with Crippen molar-refractivity contribution in [1.29, 1.82) is 0 Å². The van der Waals surface area contributed by atoms with E-state index in [1.807, 2.05) is 7.05 Å². The van der Waals surface area contributed by atoms with E-state index in [0.717, 1.165) is 25.7 Å². The molecule has 0 N–H and O–H groups in total. The summed E-state index contributed by atoms with van der Waals surface area (Å²) >= 11 is 1.21. The first-order chi connectivity index (χ1) is 8.22. The highest BCUT2D eigenvalue weighted by molar-refractivity contribution is 7.03. The van der Waals surface area contributed by atoms with E-state index in [-0.39, 0.29) is 5.91 Å². The van der Waals surface area contributed by atoms with E-state index in [9.17, 15) is 4.79 Å². The van der Waals surface area contributed by atoms with E-state index in [2.05, 4.69) is 9.59 Å². The van der Waals surface area contributed by atoms with Crippen molar-refractivity contribution in [3.05, 3.63) is 11.1 Å². The Morgan fingerprint density at radius 2 is 2.18 bits per heavy atom. The second-order valence-corrected chi connectivity index (χ2v) is 4.98. The third-order valence-corrected chi connectivity index (χ3v) is 3.93. The van der Waals surface area contributed by atoms with Crippen LogP contribution in [-0.4, -0.2) is 46.7 Å². The molecule has 0 unspecified atom stereocenters. The summed E-state index contributed by atoms with van der Waals surface area (Å²) in [5.41, 5.74) is 0.450. The SMILES string of the molecule is COC1CCC(N(C)C(=O)c2csnn2)CC1. The van der Waals surface area contributed by atoms with Gasteiger partial charge in [-0.05, 0) is 37.2 Å². The Morgan fingerprint density at radius 3 is 2.71 bits per heavy atom. The fourth-order valence-electron chi connectivity index (χ4n) is 2.27. The minimum Gasteiger partial charge on any atom is -0.381 e. The molecule has 0 bridgehead atoms. The number of rotatable bonds is 3. The number of methoxy groups -OCH3 is 1. The van der Waals surface area contributed by atoms with Gasteiger partial charge in [0.15, 0.2) is 5.69 Å². The van der Waals surface area contributed by atoms with Gasteiger partial charge in [-0.1, -0.05) is 4.49 Å². The van der Waals surface area contributed by atoms with E-state index in [0.29, 0.717) is 17.8 Å². The van der Waals surface area contributed by atoms with Crippen LogP contribution in [0, 0.1) is 0 Å². The lowest BCUT2D eigenvalue weighted by molar-refractivity contribution is 0.0383. The molecule has 17 heavy (non-hydrogen) atoms. The highest BCUT2D eigenvalue weighted by Gasteiger charge is 2.27. The van der Waals surface area contributed by atoms with Gasteiger partial charge in [0, 0.05) is 25.6 Å². The van der Waals surface area contributed by atoms with Crippen LogP contribution in [0.2, 0.25) is 0 Å². The van der Waals surface area contributed by atoms with E-state index in [1.54, 1.807) is 17.4 Å². The molecule has 1 amide bonds. The summed E-state index contributed by atoms with van der Waals surface area (Å²) in [6.45, 7) is 0. The van der Waals surface area contributed by atoms with Gasteiger partial charge in [0.2, 0.25) is 0 Å². The molecule has 1 heterocycles. The van der Waals surface area contributed by atoms with Gasteiger partial charge in [0.05, 0.1) is 6.10 Å². The number of ether oxygens (including phenoxy) is 1. The average Bonchev–Trinajstić information content (AvgIpc) is 2.91. The smallest absolute Gasteiger partial charge is 0.275 e. The first-order valence-corrected chi connectivity index (χ1v) is 6.63. The van der Waals surface area contributed by atoms with Crippen molar-refractivity contribution in [3.63, 3.8) is 0 Å². The molecule has 1 aliphatic carbocycles. The zero-order chi connectivity index (χ0) is 12.3. The third kappa shape index (κ3) is 2.81. The van der Waals surface area contributed by atoms with Crippen LogP contribution in [0.5, 0.6) is 0 Å². The van der Waals surface area contributed by atoms with Crippen molar-refractivity contribution >= 4 is 17.4 Å². The molecule has 0 aromatic carbocycles. The number of nitrogens with zero attached hydrogens (tertiary/aromatic N) is 3. The standard InChI is InChI=1S/C11H17N3O2S/c1-14(11(15)10-7-17-13-12-10)8-3-5-9(16-2)6-4-8/h7-9H,3-6H2,1-2H3. The maximum atomic E-state index is 12.1. The lowest BCUT2D eigenvalue weighted by Crippen LogP contribution is -2.40. The molecule has 1 aromatic heterocycles. The normalized spacial score (nSPS) is 24.6. The van der Waals surface area contributed by atoms with Crippen molar-refractivity contribution in [2.45, 2.75) is 37.8 Å². The maximum Gasteiger partial charge on any atom is 0.275 e. The van der Waals surface area contributed by atoms with Gasteiger partial charge in [-0.3, -0.25) is 4.79 Å². The van der Waals surface area contributed by atoms with E-state index in [4.69, 9.17) is 4.74 Å². The molecule has 1 aliphatic rings. The van der Waals surface area contributed by atoms with Crippen molar-refractivity contribution in [2.24, 2.45) is 0 Å². The predicted molar refractivity (Wildman–Crippen MR) is 65.1 cm³/mol. The Morgan fingerprint density at radius 1 is 1.47 bits per heavy atom. The molecule has 2 rings (SSSR count). The van der Waals surface area contributed by atoms with E-state index < -0.39 is 0 Å². The van der Waals surface area contributed by atoms with Crippen LogP contribution in [0.4, 0.5) is 0 Å². The van der Waals surface area contributed by atoms with Gasteiger partial charge in [-0.2, -0.15) is 0 Å². The summed E-state index contributed by atoms with van der Waals surface area (Å²) in [5.74, 6) is -0.0281. The summed E-state index contributed by atoms with van der Waals surface area (Å²) < 4.78 is 9.05. The highest BCUT2D eigenvalue weighted by atomic mass is 32.1. The first-order valence-electron chi connectivity index (χ1n) is 5.79. The maximum absolute atomic E-state index is 12.1. The minimum atomic E-state index is -0.0281. The van der Waals surface area contributed by atoms with Gasteiger partial charge in [0.1, 0.15) is 0 Å². The number of amides is 1. The number of hydrogen-bond acceptors (Lipinski definition) is 5. The number of carbonyl (C=O) groups is 1. The fraction of sp³-hybridized carbons (Fsp3) is 0.727. The van der Waals surface area contributed by atoms with Gasteiger partial charge in [-0.25, -0.2) is 0 Å². The molecule has 5 nitrogen and oxygen atoms in total. The lowest BCUT2D eigenvalue weighted by atomic mass is 9.92. The summed E-state index contributed by atoms with van der Waals surface area (Å²) in [6, 6.07) is 0.301. The highest BCUT2D eigenvalue weighted by Crippen LogP contribution is 2.24. The molecule has 1 aromatic rings. The summed E-state index contributed by atoms with van der Waals surface area (Å²) in [7, 11) is 3.60. The zero-order valence-electron chi connectivity index (χ0n) is 10.1. The molecule has 0 aliphatic heterocycles. The second kappa shape index (κ2) is 5.55. The Hall–Kier alpha value is -1.01. The van der Waals surface area contributed by atoms with Crippen molar-refractivity contribution in [2.75, 3.05) is 14.2 Å². The van der Waals surface area contributed by atoms with Gasteiger partial charge < -0.3 is 9.64 Å². The third-order valence-electron chi connectivity index (χ3n) is 3.42. The van der Waals surface area contributed by atoms with Crippen molar-refractivity contribution in [1.82, 2.24) is 14.5 Å². The van der Waals surface area contributed by atoms with Crippen LogP contribution in [0.15, 0.2) is 5.38 Å². The number of carbonyl (C=O) groups excluding carboxylic acids is 1. The minimum absolute atomic E-state index is 0.0281. The van der Waals surface area contributed by atoms with Crippen LogP contribution in [0.3, 0.4) is 0 Å². The topological polar surface area (TPSA) is 55.3 Å². The van der Waals surface area contributed by atoms with Crippen LogP contribution in [-0.2, 0) is 4.74 Å².